The standard InChI is InChI=1S/C18H20N4O3S2/c1-21(2)17(23)11-12-27-16-9-5-14(6-10-16)20-18(26)19-13-3-7-15(8-4-13)22(24)25/h3-10H,11-12H2,1-2H3,(H2,19,20,26). The number of carbonyl (C=O) groups excluding carboxylic acids is 1. The normalized spacial score (nSPS) is 10.1. The Morgan fingerprint density at radius 1 is 1.07 bits per heavy atom. The molecule has 0 saturated carbocycles. The second-order valence-corrected chi connectivity index (χ2v) is 7.37. The van der Waals surface area contributed by atoms with Crippen molar-refractivity contribution in [1.29, 1.82) is 0 Å². The minimum atomic E-state index is -0.448. The lowest BCUT2D eigenvalue weighted by Crippen LogP contribution is -2.21. The zero-order valence-electron chi connectivity index (χ0n) is 15.0. The maximum atomic E-state index is 11.6. The second-order valence-electron chi connectivity index (χ2n) is 5.79. The third-order valence-corrected chi connectivity index (χ3v) is 4.75. The minimum Gasteiger partial charge on any atom is -0.349 e. The molecule has 0 saturated heterocycles. The number of hydrogen-bond acceptors (Lipinski definition) is 5. The molecule has 0 bridgehead atoms. The monoisotopic (exact) mass is 404 g/mol. The Bertz CT molecular complexity index is 808. The van der Waals surface area contributed by atoms with Gasteiger partial charge in [0.05, 0.1) is 4.92 Å². The predicted molar refractivity (Wildman–Crippen MR) is 113 cm³/mol. The highest BCUT2D eigenvalue weighted by atomic mass is 32.2. The molecule has 0 unspecified atom stereocenters. The molecular weight excluding hydrogens is 384 g/mol. The summed E-state index contributed by atoms with van der Waals surface area (Å²) >= 11 is 6.88. The lowest BCUT2D eigenvalue weighted by molar-refractivity contribution is -0.384. The number of thiocarbonyl (C=S) groups is 1. The van der Waals surface area contributed by atoms with E-state index >= 15 is 0 Å². The molecule has 0 aliphatic carbocycles. The molecule has 0 aromatic heterocycles. The number of thioether (sulfide) groups is 1. The number of benzene rings is 2. The quantitative estimate of drug-likeness (QED) is 0.312. The van der Waals surface area contributed by atoms with Crippen LogP contribution in [0.15, 0.2) is 53.4 Å². The number of nitrogens with one attached hydrogen (secondary N) is 2. The molecule has 0 aliphatic heterocycles. The molecular formula is C18H20N4O3S2. The van der Waals surface area contributed by atoms with Crippen LogP contribution in [0.4, 0.5) is 17.1 Å². The summed E-state index contributed by atoms with van der Waals surface area (Å²) in [7, 11) is 3.50. The van der Waals surface area contributed by atoms with Crippen molar-refractivity contribution in [1.82, 2.24) is 4.90 Å². The number of amides is 1. The Hall–Kier alpha value is -2.65. The Labute approximate surface area is 167 Å². The van der Waals surface area contributed by atoms with Gasteiger partial charge < -0.3 is 15.5 Å². The van der Waals surface area contributed by atoms with Crippen LogP contribution in [0, 0.1) is 10.1 Å². The van der Waals surface area contributed by atoms with Gasteiger partial charge in [0.1, 0.15) is 0 Å². The largest absolute Gasteiger partial charge is 0.349 e. The molecule has 7 nitrogen and oxygen atoms in total. The number of nitrogens with zero attached hydrogens (tertiary/aromatic N) is 2. The molecule has 142 valence electrons. The molecule has 0 aliphatic rings. The lowest BCUT2D eigenvalue weighted by Gasteiger charge is -2.11. The Kier molecular flexibility index (Phi) is 7.56. The van der Waals surface area contributed by atoms with Gasteiger partial charge in [-0.3, -0.25) is 14.9 Å². The summed E-state index contributed by atoms with van der Waals surface area (Å²) in [6.45, 7) is 0. The van der Waals surface area contributed by atoms with Crippen LogP contribution in [-0.2, 0) is 4.79 Å². The number of hydrogen-bond donors (Lipinski definition) is 2. The first kappa shape index (κ1) is 20.7. The third kappa shape index (κ3) is 6.87. The van der Waals surface area contributed by atoms with E-state index in [-0.39, 0.29) is 11.6 Å². The van der Waals surface area contributed by atoms with Crippen LogP contribution >= 0.6 is 24.0 Å². The van der Waals surface area contributed by atoms with E-state index in [9.17, 15) is 14.9 Å². The van der Waals surface area contributed by atoms with Gasteiger partial charge in [-0.2, -0.15) is 0 Å². The molecule has 0 atom stereocenters. The SMILES string of the molecule is CN(C)C(=O)CCSc1ccc(NC(=S)Nc2ccc([N+](=O)[O-])cc2)cc1. The molecule has 9 heteroatoms. The molecule has 0 heterocycles. The van der Waals surface area contributed by atoms with Gasteiger partial charge in [-0.15, -0.1) is 11.8 Å². The first-order valence-electron chi connectivity index (χ1n) is 8.10. The van der Waals surface area contributed by atoms with Crippen molar-refractivity contribution in [3.05, 3.63) is 58.6 Å². The van der Waals surface area contributed by atoms with Crippen LogP contribution in [0.5, 0.6) is 0 Å². The summed E-state index contributed by atoms with van der Waals surface area (Å²) < 4.78 is 0. The smallest absolute Gasteiger partial charge is 0.269 e. The third-order valence-electron chi connectivity index (χ3n) is 3.53. The van der Waals surface area contributed by atoms with E-state index in [1.807, 2.05) is 24.3 Å². The Balaban J connectivity index is 1.82. The molecule has 1 amide bonds. The van der Waals surface area contributed by atoms with E-state index in [4.69, 9.17) is 12.2 Å². The van der Waals surface area contributed by atoms with Gasteiger partial charge in [0.15, 0.2) is 5.11 Å². The summed E-state index contributed by atoms with van der Waals surface area (Å²) in [6.07, 6.45) is 0.501. The molecule has 0 radical (unpaired) electrons. The average Bonchev–Trinajstić information content (AvgIpc) is 2.63. The fourth-order valence-corrected chi connectivity index (χ4v) is 3.15. The van der Waals surface area contributed by atoms with Gasteiger partial charge in [0.25, 0.3) is 5.69 Å². The fourth-order valence-electron chi connectivity index (χ4n) is 2.07. The highest BCUT2D eigenvalue weighted by Gasteiger charge is 2.06. The van der Waals surface area contributed by atoms with E-state index in [1.54, 1.807) is 42.9 Å². The summed E-state index contributed by atoms with van der Waals surface area (Å²) in [4.78, 5) is 24.4. The van der Waals surface area contributed by atoms with Crippen molar-refractivity contribution in [2.45, 2.75) is 11.3 Å². The minimum absolute atomic E-state index is 0.0276. The van der Waals surface area contributed by atoms with E-state index in [2.05, 4.69) is 10.6 Å². The maximum absolute atomic E-state index is 11.6. The summed E-state index contributed by atoms with van der Waals surface area (Å²) in [5.74, 6) is 0.840. The number of non-ortho nitro benzene ring substituents is 1. The van der Waals surface area contributed by atoms with Crippen molar-refractivity contribution in [3.63, 3.8) is 0 Å². The topological polar surface area (TPSA) is 87.5 Å². The summed E-state index contributed by atoms with van der Waals surface area (Å²) in [5, 5.41) is 17.1. The fraction of sp³-hybridized carbons (Fsp3) is 0.222. The van der Waals surface area contributed by atoms with E-state index in [0.29, 0.717) is 17.2 Å². The first-order valence-corrected chi connectivity index (χ1v) is 9.50. The maximum Gasteiger partial charge on any atom is 0.269 e. The number of carbonyl (C=O) groups is 1. The molecule has 2 aromatic rings. The van der Waals surface area contributed by atoms with Gasteiger partial charge in [-0.05, 0) is 48.6 Å². The van der Waals surface area contributed by atoms with Crippen LogP contribution in [0.1, 0.15) is 6.42 Å². The van der Waals surface area contributed by atoms with Gasteiger partial charge in [0, 0.05) is 54.7 Å². The van der Waals surface area contributed by atoms with Crippen molar-refractivity contribution >= 4 is 52.1 Å². The zero-order chi connectivity index (χ0) is 19.8. The molecule has 2 aromatic carbocycles. The zero-order valence-corrected chi connectivity index (χ0v) is 16.6. The molecule has 0 fully saturated rings. The molecule has 0 spiro atoms. The Morgan fingerprint density at radius 3 is 2.07 bits per heavy atom. The predicted octanol–water partition coefficient (Wildman–Crippen LogP) is 3.97. The van der Waals surface area contributed by atoms with Crippen molar-refractivity contribution in [2.75, 3.05) is 30.5 Å². The highest BCUT2D eigenvalue weighted by molar-refractivity contribution is 7.99. The highest BCUT2D eigenvalue weighted by Crippen LogP contribution is 2.21. The number of nitro benzene ring substituents is 1. The lowest BCUT2D eigenvalue weighted by atomic mass is 10.3. The van der Waals surface area contributed by atoms with E-state index in [1.165, 1.54) is 12.1 Å². The molecule has 27 heavy (non-hydrogen) atoms. The van der Waals surface area contributed by atoms with Crippen LogP contribution in [-0.4, -0.2) is 40.7 Å². The van der Waals surface area contributed by atoms with E-state index < -0.39 is 4.92 Å². The van der Waals surface area contributed by atoms with Crippen molar-refractivity contribution in [3.8, 4) is 0 Å². The van der Waals surface area contributed by atoms with Crippen molar-refractivity contribution < 1.29 is 9.72 Å². The van der Waals surface area contributed by atoms with Gasteiger partial charge in [0.2, 0.25) is 5.91 Å². The van der Waals surface area contributed by atoms with E-state index in [0.717, 1.165) is 16.3 Å². The van der Waals surface area contributed by atoms with Gasteiger partial charge in [-0.25, -0.2) is 0 Å². The second kappa shape index (κ2) is 9.89. The van der Waals surface area contributed by atoms with Crippen LogP contribution in [0.25, 0.3) is 0 Å². The first-order chi connectivity index (χ1) is 12.8. The van der Waals surface area contributed by atoms with Gasteiger partial charge in [-0.1, -0.05) is 0 Å². The molecule has 2 N–H and O–H groups in total. The number of rotatable bonds is 7. The van der Waals surface area contributed by atoms with Crippen molar-refractivity contribution in [2.24, 2.45) is 0 Å². The van der Waals surface area contributed by atoms with Crippen LogP contribution in [0.3, 0.4) is 0 Å². The van der Waals surface area contributed by atoms with Crippen LogP contribution < -0.4 is 10.6 Å². The number of nitro groups is 1. The van der Waals surface area contributed by atoms with Gasteiger partial charge >= 0.3 is 0 Å². The molecule has 2 rings (SSSR count). The summed E-state index contributed by atoms with van der Waals surface area (Å²) in [6, 6.07) is 13.8. The average molecular weight is 405 g/mol. The summed E-state index contributed by atoms with van der Waals surface area (Å²) in [5.41, 5.74) is 1.51. The van der Waals surface area contributed by atoms with Crippen LogP contribution in [0.2, 0.25) is 0 Å². The number of anilines is 2. The Morgan fingerprint density at radius 2 is 1.59 bits per heavy atom.